The van der Waals surface area contributed by atoms with Gasteiger partial charge in [0, 0.05) is 24.7 Å². The number of hydrogen-bond acceptors (Lipinski definition) is 2. The summed E-state index contributed by atoms with van der Waals surface area (Å²) in [7, 11) is 0. The number of carbonyl (C=O) groups excluding carboxylic acids is 1. The number of nitrogens with two attached hydrogens (primary N) is 1. The summed E-state index contributed by atoms with van der Waals surface area (Å²) in [5.74, 6) is 0.132. The molecular weight excluding hydrogens is 260 g/mol. The Hall–Kier alpha value is -1.06. The highest BCUT2D eigenvalue weighted by Crippen LogP contribution is 2.19. The van der Waals surface area contributed by atoms with Gasteiger partial charge in [0.25, 0.3) is 5.91 Å². The fourth-order valence-corrected chi connectivity index (χ4v) is 2.56. The number of amides is 1. The Morgan fingerprint density at radius 3 is 2.58 bits per heavy atom. The zero-order chi connectivity index (χ0) is 13.0. The maximum absolute atomic E-state index is 12.4. The molecule has 0 saturated carbocycles. The molecule has 1 atom stereocenters. The van der Waals surface area contributed by atoms with Crippen molar-refractivity contribution in [2.75, 3.05) is 13.1 Å². The van der Waals surface area contributed by atoms with E-state index in [9.17, 15) is 4.79 Å². The van der Waals surface area contributed by atoms with E-state index in [2.05, 4.69) is 6.92 Å². The number of aryl methyl sites for hydroxylation is 1. The van der Waals surface area contributed by atoms with Crippen molar-refractivity contribution in [2.24, 2.45) is 5.73 Å². The fourth-order valence-electron chi connectivity index (χ4n) is 2.56. The molecule has 0 aliphatic carbocycles. The monoisotopic (exact) mass is 282 g/mol. The summed E-state index contributed by atoms with van der Waals surface area (Å²) in [6.07, 6.45) is 4.31. The van der Waals surface area contributed by atoms with Crippen molar-refractivity contribution < 1.29 is 4.79 Å². The first-order valence-electron chi connectivity index (χ1n) is 6.86. The van der Waals surface area contributed by atoms with Gasteiger partial charge >= 0.3 is 0 Å². The Kier molecular flexibility index (Phi) is 6.32. The van der Waals surface area contributed by atoms with Gasteiger partial charge in [0.1, 0.15) is 0 Å². The van der Waals surface area contributed by atoms with Gasteiger partial charge in [-0.25, -0.2) is 0 Å². The number of benzene rings is 1. The quantitative estimate of drug-likeness (QED) is 0.926. The molecule has 1 amide bonds. The minimum atomic E-state index is 0. The van der Waals surface area contributed by atoms with Crippen LogP contribution in [0.4, 0.5) is 0 Å². The number of piperidine rings is 1. The van der Waals surface area contributed by atoms with Crippen molar-refractivity contribution in [1.82, 2.24) is 4.90 Å². The first kappa shape index (κ1) is 16.0. The standard InChI is InChI=1S/C15H22N2O.ClH/c1-2-12-6-8-13(9-7-12)15(18)17-10-4-3-5-14(17)11-16;/h6-9,14H,2-5,10-11,16H2,1H3;1H. The molecule has 0 spiro atoms. The normalized spacial score (nSPS) is 18.8. The van der Waals surface area contributed by atoms with Gasteiger partial charge < -0.3 is 10.6 Å². The first-order chi connectivity index (χ1) is 8.76. The maximum atomic E-state index is 12.4. The van der Waals surface area contributed by atoms with Crippen LogP contribution < -0.4 is 5.73 Å². The molecule has 1 saturated heterocycles. The van der Waals surface area contributed by atoms with E-state index >= 15 is 0 Å². The molecule has 1 aromatic rings. The van der Waals surface area contributed by atoms with E-state index in [1.165, 1.54) is 12.0 Å². The highest BCUT2D eigenvalue weighted by molar-refractivity contribution is 5.94. The molecule has 0 bridgehead atoms. The Morgan fingerprint density at radius 1 is 1.32 bits per heavy atom. The molecule has 0 aromatic heterocycles. The molecule has 0 radical (unpaired) electrons. The van der Waals surface area contributed by atoms with Crippen molar-refractivity contribution in [2.45, 2.75) is 38.6 Å². The molecular formula is C15H23ClN2O. The van der Waals surface area contributed by atoms with E-state index in [4.69, 9.17) is 5.73 Å². The second kappa shape index (κ2) is 7.51. The van der Waals surface area contributed by atoms with Gasteiger partial charge in [-0.15, -0.1) is 12.4 Å². The molecule has 1 unspecified atom stereocenters. The summed E-state index contributed by atoms with van der Waals surface area (Å²) in [4.78, 5) is 14.4. The summed E-state index contributed by atoms with van der Waals surface area (Å²) in [5, 5.41) is 0. The number of hydrogen-bond donors (Lipinski definition) is 1. The van der Waals surface area contributed by atoms with E-state index in [0.717, 1.165) is 31.4 Å². The molecule has 1 aliphatic rings. The zero-order valence-electron chi connectivity index (χ0n) is 11.5. The van der Waals surface area contributed by atoms with Gasteiger partial charge in [-0.3, -0.25) is 4.79 Å². The molecule has 4 heteroatoms. The summed E-state index contributed by atoms with van der Waals surface area (Å²) in [6.45, 7) is 3.53. The van der Waals surface area contributed by atoms with Crippen LogP contribution in [0.15, 0.2) is 24.3 Å². The Balaban J connectivity index is 0.00000180. The molecule has 106 valence electrons. The summed E-state index contributed by atoms with van der Waals surface area (Å²) in [5.41, 5.74) is 7.81. The van der Waals surface area contributed by atoms with Crippen LogP contribution in [-0.2, 0) is 6.42 Å². The van der Waals surface area contributed by atoms with Gasteiger partial charge in [-0.05, 0) is 43.4 Å². The summed E-state index contributed by atoms with van der Waals surface area (Å²) >= 11 is 0. The predicted molar refractivity (Wildman–Crippen MR) is 80.8 cm³/mol. The van der Waals surface area contributed by atoms with E-state index in [-0.39, 0.29) is 24.4 Å². The lowest BCUT2D eigenvalue weighted by Crippen LogP contribution is -2.47. The van der Waals surface area contributed by atoms with Crippen LogP contribution in [-0.4, -0.2) is 29.9 Å². The van der Waals surface area contributed by atoms with Gasteiger partial charge in [0.15, 0.2) is 0 Å². The number of halogens is 1. The third-order valence-electron chi connectivity index (χ3n) is 3.77. The summed E-state index contributed by atoms with van der Waals surface area (Å²) in [6, 6.07) is 8.16. The van der Waals surface area contributed by atoms with Gasteiger partial charge in [0.05, 0.1) is 0 Å². The second-order valence-electron chi connectivity index (χ2n) is 4.93. The van der Waals surface area contributed by atoms with E-state index < -0.39 is 0 Å². The average Bonchev–Trinajstić information content (AvgIpc) is 2.46. The minimum Gasteiger partial charge on any atom is -0.334 e. The molecule has 1 aliphatic heterocycles. The third-order valence-corrected chi connectivity index (χ3v) is 3.77. The molecule has 1 heterocycles. The highest BCUT2D eigenvalue weighted by Gasteiger charge is 2.26. The number of likely N-dealkylation sites (tertiary alicyclic amines) is 1. The van der Waals surface area contributed by atoms with Crippen LogP contribution in [0.25, 0.3) is 0 Å². The van der Waals surface area contributed by atoms with Crippen LogP contribution in [0.1, 0.15) is 42.1 Å². The van der Waals surface area contributed by atoms with Crippen molar-refractivity contribution in [3.63, 3.8) is 0 Å². The van der Waals surface area contributed by atoms with Gasteiger partial charge in [-0.1, -0.05) is 19.1 Å². The molecule has 1 aromatic carbocycles. The molecule has 3 nitrogen and oxygen atoms in total. The van der Waals surface area contributed by atoms with Crippen LogP contribution in [0, 0.1) is 0 Å². The van der Waals surface area contributed by atoms with Crippen LogP contribution in [0.5, 0.6) is 0 Å². The lowest BCUT2D eigenvalue weighted by atomic mass is 10.0. The van der Waals surface area contributed by atoms with E-state index in [1.807, 2.05) is 29.2 Å². The highest BCUT2D eigenvalue weighted by atomic mass is 35.5. The van der Waals surface area contributed by atoms with Crippen molar-refractivity contribution in [3.05, 3.63) is 35.4 Å². The second-order valence-corrected chi connectivity index (χ2v) is 4.93. The minimum absolute atomic E-state index is 0. The van der Waals surface area contributed by atoms with Gasteiger partial charge in [0.2, 0.25) is 0 Å². The van der Waals surface area contributed by atoms with Crippen molar-refractivity contribution in [1.29, 1.82) is 0 Å². The largest absolute Gasteiger partial charge is 0.334 e. The predicted octanol–water partition coefficient (Wildman–Crippen LogP) is 2.62. The number of carbonyl (C=O) groups is 1. The Labute approximate surface area is 121 Å². The lowest BCUT2D eigenvalue weighted by Gasteiger charge is -2.35. The average molecular weight is 283 g/mol. The fraction of sp³-hybridized carbons (Fsp3) is 0.533. The zero-order valence-corrected chi connectivity index (χ0v) is 12.3. The third kappa shape index (κ3) is 3.71. The Morgan fingerprint density at radius 2 is 2.00 bits per heavy atom. The SMILES string of the molecule is CCc1ccc(C(=O)N2CCCCC2CN)cc1.Cl. The van der Waals surface area contributed by atoms with Gasteiger partial charge in [-0.2, -0.15) is 0 Å². The first-order valence-corrected chi connectivity index (χ1v) is 6.86. The van der Waals surface area contributed by atoms with Crippen LogP contribution in [0.3, 0.4) is 0 Å². The Bertz CT molecular complexity index is 405. The lowest BCUT2D eigenvalue weighted by molar-refractivity contribution is 0.0623. The number of rotatable bonds is 3. The van der Waals surface area contributed by atoms with Crippen LogP contribution >= 0.6 is 12.4 Å². The van der Waals surface area contributed by atoms with Crippen LogP contribution in [0.2, 0.25) is 0 Å². The van der Waals surface area contributed by atoms with E-state index in [1.54, 1.807) is 0 Å². The topological polar surface area (TPSA) is 46.3 Å². The smallest absolute Gasteiger partial charge is 0.254 e. The summed E-state index contributed by atoms with van der Waals surface area (Å²) < 4.78 is 0. The van der Waals surface area contributed by atoms with Crippen molar-refractivity contribution in [3.8, 4) is 0 Å². The van der Waals surface area contributed by atoms with E-state index in [0.29, 0.717) is 6.54 Å². The number of nitrogens with zero attached hydrogens (tertiary/aromatic N) is 1. The molecule has 2 rings (SSSR count). The van der Waals surface area contributed by atoms with Crippen molar-refractivity contribution >= 4 is 18.3 Å². The maximum Gasteiger partial charge on any atom is 0.254 e. The molecule has 19 heavy (non-hydrogen) atoms. The molecule has 2 N–H and O–H groups in total. The molecule has 1 fully saturated rings.